The Hall–Kier alpha value is -6.26. The second-order valence-corrected chi connectivity index (χ2v) is 17.5. The molecule has 0 saturated carbocycles. The van der Waals surface area contributed by atoms with E-state index < -0.39 is 11.9 Å². The number of aromatic hydroxyl groups is 1. The van der Waals surface area contributed by atoms with E-state index in [1.807, 2.05) is 57.2 Å². The Balaban J connectivity index is 1.43. The summed E-state index contributed by atoms with van der Waals surface area (Å²) in [5.74, 6) is -0.132. The highest BCUT2D eigenvalue weighted by Crippen LogP contribution is 2.44. The summed E-state index contributed by atoms with van der Waals surface area (Å²) < 4.78 is 53.2. The normalized spacial score (nSPS) is 13.7. The number of para-hydroxylation sites is 1. The second-order valence-electron chi connectivity index (χ2n) is 17.5. The maximum absolute atomic E-state index is 12.0. The number of phenolic OH excluding ortho intramolecular Hbond substituents is 1. The molecule has 2 aromatic heterocycles. The number of hydrogen-bond acceptors (Lipinski definition) is 3. The second kappa shape index (κ2) is 14.9. The van der Waals surface area contributed by atoms with Crippen LogP contribution in [0.5, 0.6) is 5.75 Å². The van der Waals surface area contributed by atoms with Crippen molar-refractivity contribution in [3.8, 4) is 67.5 Å². The van der Waals surface area contributed by atoms with Crippen molar-refractivity contribution < 1.29 is 13.3 Å². The van der Waals surface area contributed by atoms with E-state index in [2.05, 4.69) is 107 Å². The lowest BCUT2D eigenvalue weighted by Crippen LogP contribution is -2.12. The van der Waals surface area contributed by atoms with E-state index in [-0.39, 0.29) is 46.3 Å². The van der Waals surface area contributed by atoms with Gasteiger partial charge in [-0.15, -0.1) is 0 Å². The van der Waals surface area contributed by atoms with E-state index >= 15 is 0 Å². The molecule has 0 atom stereocenters. The molecule has 0 unspecified atom stereocenters. The van der Waals surface area contributed by atoms with E-state index in [1.165, 1.54) is 0 Å². The monoisotopic (exact) mass is 765 g/mol. The van der Waals surface area contributed by atoms with Crippen LogP contribution in [0.1, 0.15) is 91.8 Å². The molecule has 0 aliphatic carbocycles. The lowest BCUT2D eigenvalue weighted by atomic mass is 9.83. The fraction of sp³-hybridized carbons (Fsp3) is 0.222. The van der Waals surface area contributed by atoms with Gasteiger partial charge in [0.2, 0.25) is 0 Å². The van der Waals surface area contributed by atoms with Crippen LogP contribution in [0.2, 0.25) is 0 Å². The lowest BCUT2D eigenvalue weighted by Gasteiger charge is -2.22. The third-order valence-corrected chi connectivity index (χ3v) is 10.9. The van der Waals surface area contributed by atoms with Gasteiger partial charge in [0.1, 0.15) is 11.6 Å². The molecular formula is C54H53N3O. The molecule has 290 valence electrons. The van der Waals surface area contributed by atoms with E-state index in [1.54, 1.807) is 18.3 Å². The summed E-state index contributed by atoms with van der Waals surface area (Å²) in [6, 6.07) is 34.6. The Bertz CT molecular complexity index is 3110. The third-order valence-electron chi connectivity index (χ3n) is 10.9. The van der Waals surface area contributed by atoms with Crippen LogP contribution in [-0.2, 0) is 10.8 Å². The highest BCUT2D eigenvalue weighted by Gasteiger charge is 2.26. The zero-order chi connectivity index (χ0) is 46.2. The van der Waals surface area contributed by atoms with Crippen molar-refractivity contribution in [2.75, 3.05) is 0 Å². The van der Waals surface area contributed by atoms with Gasteiger partial charge in [0.15, 0.2) is 0 Å². The SMILES string of the molecule is [2H]c1c([2H])c([2H])c(-c2ccnc(-c3cc(-c4cccc5c4nc(-c4cc(C(C)(C)C)cc(C)c4O)n5-c4ccc(C([2H])(C)C)cc4-c4ccccc4)cc(C(C)(C)C)c3)c2)c([2H])c1[2H]. The highest BCUT2D eigenvalue weighted by molar-refractivity contribution is 5.98. The Morgan fingerprint density at radius 1 is 0.638 bits per heavy atom. The zero-order valence-corrected chi connectivity index (χ0v) is 34.8. The molecule has 8 rings (SSSR count). The minimum atomic E-state index is -0.857. The summed E-state index contributed by atoms with van der Waals surface area (Å²) in [5, 5.41) is 12.0. The fourth-order valence-corrected chi connectivity index (χ4v) is 7.53. The van der Waals surface area contributed by atoms with E-state index in [4.69, 9.17) is 18.2 Å². The smallest absolute Gasteiger partial charge is 0.149 e. The number of pyridine rings is 1. The molecule has 0 fully saturated rings. The molecule has 6 aromatic carbocycles. The maximum Gasteiger partial charge on any atom is 0.149 e. The quantitative estimate of drug-likeness (QED) is 0.176. The van der Waals surface area contributed by atoms with Gasteiger partial charge in [-0.25, -0.2) is 4.98 Å². The Morgan fingerprint density at radius 3 is 2.05 bits per heavy atom. The summed E-state index contributed by atoms with van der Waals surface area (Å²) >= 11 is 0. The first-order valence-corrected chi connectivity index (χ1v) is 19.8. The van der Waals surface area contributed by atoms with Gasteiger partial charge < -0.3 is 5.11 Å². The topological polar surface area (TPSA) is 50.9 Å². The standard InChI is InChI=1S/C54H53N3O/c1-34(2)38-23-24-48(45(31-38)37-19-14-11-15-20-37)57-49-22-16-21-44(50(49)56-52(57)46-33-42(53(4,5)6)27-35(3)51(46)58)40-28-41(30-43(29-40)54(7,8)9)47-32-39(25-26-55-47)36-17-12-10-13-18-36/h10-34,58H,1-9H3/i10D,12D,13D,17D,18D,34D. The van der Waals surface area contributed by atoms with Gasteiger partial charge in [0.25, 0.3) is 0 Å². The van der Waals surface area contributed by atoms with Gasteiger partial charge in [-0.2, -0.15) is 0 Å². The van der Waals surface area contributed by atoms with Crippen molar-refractivity contribution in [3.63, 3.8) is 0 Å². The summed E-state index contributed by atoms with van der Waals surface area (Å²) in [6.07, 6.45) is 1.61. The van der Waals surface area contributed by atoms with Crippen LogP contribution in [0.25, 0.3) is 72.7 Å². The van der Waals surface area contributed by atoms with Crippen LogP contribution in [-0.4, -0.2) is 19.6 Å². The van der Waals surface area contributed by atoms with Crippen molar-refractivity contribution in [2.45, 2.75) is 79.0 Å². The number of benzene rings is 6. The average Bonchev–Trinajstić information content (AvgIpc) is 3.64. The van der Waals surface area contributed by atoms with E-state index in [0.717, 1.165) is 66.8 Å². The van der Waals surface area contributed by atoms with Gasteiger partial charge in [-0.3, -0.25) is 9.55 Å². The molecule has 58 heavy (non-hydrogen) atoms. The van der Waals surface area contributed by atoms with Gasteiger partial charge in [-0.1, -0.05) is 146 Å². The highest BCUT2D eigenvalue weighted by atomic mass is 16.3. The average molecular weight is 766 g/mol. The predicted octanol–water partition coefficient (Wildman–Crippen LogP) is 14.5. The van der Waals surface area contributed by atoms with Gasteiger partial charge >= 0.3 is 0 Å². The van der Waals surface area contributed by atoms with Crippen molar-refractivity contribution in [1.29, 1.82) is 0 Å². The maximum atomic E-state index is 12.0. The molecule has 0 aliphatic rings. The number of hydrogen-bond donors (Lipinski definition) is 1. The first-order valence-electron chi connectivity index (χ1n) is 22.8. The number of nitrogens with zero attached hydrogens (tertiary/aromatic N) is 3. The van der Waals surface area contributed by atoms with E-state index in [9.17, 15) is 5.11 Å². The molecule has 0 radical (unpaired) electrons. The van der Waals surface area contributed by atoms with Crippen LogP contribution in [0.3, 0.4) is 0 Å². The van der Waals surface area contributed by atoms with Crippen LogP contribution in [0.15, 0.2) is 146 Å². The van der Waals surface area contributed by atoms with Crippen molar-refractivity contribution in [1.82, 2.24) is 14.5 Å². The Kier molecular flexibility index (Phi) is 8.17. The summed E-state index contributed by atoms with van der Waals surface area (Å²) in [7, 11) is 0. The zero-order valence-electron chi connectivity index (χ0n) is 40.8. The fourth-order valence-electron chi connectivity index (χ4n) is 7.53. The van der Waals surface area contributed by atoms with Gasteiger partial charge in [-0.05, 0) is 117 Å². The number of fused-ring (bicyclic) bond motifs is 1. The molecule has 4 nitrogen and oxygen atoms in total. The number of rotatable bonds is 7. The minimum Gasteiger partial charge on any atom is -0.507 e. The number of aryl methyl sites for hydroxylation is 1. The first-order chi connectivity index (χ1) is 30.0. The molecule has 0 aliphatic heterocycles. The molecule has 2 heterocycles. The summed E-state index contributed by atoms with van der Waals surface area (Å²) in [4.78, 5) is 10.3. The van der Waals surface area contributed by atoms with Crippen molar-refractivity contribution >= 4 is 11.0 Å². The molecule has 0 saturated heterocycles. The molecule has 0 bridgehead atoms. The largest absolute Gasteiger partial charge is 0.507 e. The Labute approximate surface area is 352 Å². The molecular weight excluding hydrogens is 707 g/mol. The van der Waals surface area contributed by atoms with Crippen LogP contribution in [0.4, 0.5) is 0 Å². The molecule has 8 aromatic rings. The number of phenols is 1. The van der Waals surface area contributed by atoms with Crippen LogP contribution >= 0.6 is 0 Å². The number of aromatic nitrogens is 3. The molecule has 0 spiro atoms. The molecule has 0 amide bonds. The van der Waals surface area contributed by atoms with Crippen LogP contribution < -0.4 is 0 Å². The molecule has 4 heteroatoms. The summed E-state index contributed by atoms with van der Waals surface area (Å²) in [5.41, 5.74) is 11.8. The Morgan fingerprint density at radius 2 is 1.34 bits per heavy atom. The lowest BCUT2D eigenvalue weighted by molar-refractivity contribution is 0.471. The van der Waals surface area contributed by atoms with Crippen molar-refractivity contribution in [2.24, 2.45) is 0 Å². The van der Waals surface area contributed by atoms with Gasteiger partial charge in [0.05, 0.1) is 34.8 Å². The predicted molar refractivity (Wildman–Crippen MR) is 244 cm³/mol. The van der Waals surface area contributed by atoms with Gasteiger partial charge in [0, 0.05) is 24.3 Å². The van der Waals surface area contributed by atoms with Crippen molar-refractivity contribution in [3.05, 3.63) is 168 Å². The number of imidazole rings is 1. The summed E-state index contributed by atoms with van der Waals surface area (Å²) in [6.45, 7) is 18.6. The molecule has 1 N–H and O–H groups in total. The van der Waals surface area contributed by atoms with E-state index in [0.29, 0.717) is 22.6 Å². The van der Waals surface area contributed by atoms with Crippen LogP contribution in [0, 0.1) is 6.92 Å². The third kappa shape index (κ3) is 7.36. The minimum absolute atomic E-state index is 0.118. The first kappa shape index (κ1) is 31.8.